The van der Waals surface area contributed by atoms with Crippen molar-refractivity contribution in [3.63, 3.8) is 0 Å². The molecular weight excluding hydrogens is 739 g/mol. The minimum Gasteiger partial charge on any atom is -0.454 e. The van der Waals surface area contributed by atoms with E-state index in [9.17, 15) is 0 Å². The lowest BCUT2D eigenvalue weighted by Crippen LogP contribution is -2.61. The number of para-hydroxylation sites is 1. The Morgan fingerprint density at radius 1 is 0.475 bits per heavy atom. The Balaban J connectivity index is 1.31. The number of furan rings is 1. The van der Waals surface area contributed by atoms with Crippen molar-refractivity contribution in [2.45, 2.75) is 59.3 Å². The van der Waals surface area contributed by atoms with Crippen molar-refractivity contribution in [2.24, 2.45) is 0 Å². The van der Waals surface area contributed by atoms with E-state index in [1.165, 1.54) is 66.7 Å². The highest BCUT2D eigenvalue weighted by atomic mass is 16.3. The second-order valence-electron chi connectivity index (χ2n) is 19.1. The summed E-state index contributed by atoms with van der Waals surface area (Å²) in [7, 11) is 0. The van der Waals surface area contributed by atoms with Gasteiger partial charge in [0.2, 0.25) is 0 Å². The van der Waals surface area contributed by atoms with Gasteiger partial charge in [0.1, 0.15) is 5.58 Å². The quantitative estimate of drug-likeness (QED) is 0.166. The number of fused-ring (bicyclic) bond motifs is 8. The van der Waals surface area contributed by atoms with Crippen LogP contribution in [0.5, 0.6) is 0 Å². The van der Waals surface area contributed by atoms with Crippen molar-refractivity contribution in [3.05, 3.63) is 187 Å². The number of rotatable bonds is 4. The van der Waals surface area contributed by atoms with Crippen LogP contribution in [-0.2, 0) is 10.8 Å². The summed E-state index contributed by atoms with van der Waals surface area (Å²) in [6.07, 6.45) is 0. The molecular formula is C57H49BN2O. The van der Waals surface area contributed by atoms with E-state index in [-0.39, 0.29) is 17.7 Å². The average molecular weight is 789 g/mol. The zero-order chi connectivity index (χ0) is 41.8. The summed E-state index contributed by atoms with van der Waals surface area (Å²) < 4.78 is 7.12. The minimum atomic E-state index is -0.150. The van der Waals surface area contributed by atoms with Gasteiger partial charge in [-0.25, -0.2) is 0 Å². The fourth-order valence-corrected chi connectivity index (χ4v) is 9.83. The van der Waals surface area contributed by atoms with Crippen LogP contribution in [0.25, 0.3) is 55.3 Å². The number of hydrogen-bond acceptors (Lipinski definition) is 3. The van der Waals surface area contributed by atoms with E-state index in [4.69, 9.17) is 4.42 Å². The molecule has 4 heteroatoms. The maximum Gasteiger partial charge on any atom is 0.333 e. The SMILES string of the molecule is Cc1ccc2c(c1)N(c1ccc(C(C)(C)C)cc1)B1c3ccc4c(oc5ccccc54)c3N(c3ccc(C(C)(C)C)cc3-c3ccccc3)c3cc(-c4ccccc4)cc-2c31. The zero-order valence-corrected chi connectivity index (χ0v) is 36.0. The molecule has 0 spiro atoms. The van der Waals surface area contributed by atoms with Crippen LogP contribution in [0.4, 0.5) is 28.4 Å². The first-order valence-corrected chi connectivity index (χ1v) is 21.6. The van der Waals surface area contributed by atoms with Crippen LogP contribution in [0.15, 0.2) is 174 Å². The van der Waals surface area contributed by atoms with Gasteiger partial charge in [0.05, 0.1) is 11.4 Å². The summed E-state index contributed by atoms with van der Waals surface area (Å²) >= 11 is 0. The van der Waals surface area contributed by atoms with Crippen LogP contribution in [0, 0.1) is 6.92 Å². The molecule has 61 heavy (non-hydrogen) atoms. The fraction of sp³-hybridized carbons (Fsp3) is 0.158. The summed E-state index contributed by atoms with van der Waals surface area (Å²) in [6.45, 7) is 15.8. The van der Waals surface area contributed by atoms with Gasteiger partial charge in [0.15, 0.2) is 5.58 Å². The molecule has 0 atom stereocenters. The van der Waals surface area contributed by atoms with Gasteiger partial charge in [0.25, 0.3) is 0 Å². The molecule has 0 saturated heterocycles. The number of anilines is 5. The van der Waals surface area contributed by atoms with E-state index in [2.05, 4.69) is 228 Å². The molecule has 0 unspecified atom stereocenters. The molecule has 2 aliphatic heterocycles. The number of nitrogens with zero attached hydrogens (tertiary/aromatic N) is 2. The molecule has 0 saturated carbocycles. The van der Waals surface area contributed by atoms with E-state index >= 15 is 0 Å². The molecule has 11 rings (SSSR count). The Hall–Kier alpha value is -6.78. The predicted molar refractivity (Wildman–Crippen MR) is 260 cm³/mol. The monoisotopic (exact) mass is 788 g/mol. The topological polar surface area (TPSA) is 19.6 Å². The molecule has 0 aliphatic carbocycles. The Bertz CT molecular complexity index is 3170. The molecule has 1 aromatic heterocycles. The molecule has 0 amide bonds. The molecule has 8 aromatic carbocycles. The number of benzene rings is 8. The van der Waals surface area contributed by atoms with E-state index in [0.717, 1.165) is 44.7 Å². The van der Waals surface area contributed by atoms with Crippen LogP contribution < -0.4 is 20.6 Å². The van der Waals surface area contributed by atoms with Crippen LogP contribution in [-0.4, -0.2) is 6.85 Å². The standard InChI is InChI=1S/C57H49BN2O/c1-36-22-28-43-47-33-39(37-16-10-8-11-17-37)34-51-53(47)58(60(50(43)32-36)42-26-23-40(24-27-42)56(2,3)4)48-30-29-45-44-20-14-15-21-52(44)61-55(45)54(48)59(51)49-31-25-41(57(5,6)7)35-46(49)38-18-12-9-13-19-38/h8-35H,1-7H3. The largest absolute Gasteiger partial charge is 0.454 e. The first kappa shape index (κ1) is 37.2. The summed E-state index contributed by atoms with van der Waals surface area (Å²) in [5, 5.41) is 2.23. The van der Waals surface area contributed by atoms with Gasteiger partial charge in [-0.15, -0.1) is 0 Å². The van der Waals surface area contributed by atoms with E-state index in [1.54, 1.807) is 0 Å². The van der Waals surface area contributed by atoms with Crippen molar-refractivity contribution < 1.29 is 4.42 Å². The average Bonchev–Trinajstić information content (AvgIpc) is 3.65. The van der Waals surface area contributed by atoms with Gasteiger partial charge in [-0.2, -0.15) is 0 Å². The van der Waals surface area contributed by atoms with Crippen molar-refractivity contribution >= 4 is 68.1 Å². The van der Waals surface area contributed by atoms with Crippen molar-refractivity contribution in [1.82, 2.24) is 0 Å². The molecule has 3 heterocycles. The zero-order valence-electron chi connectivity index (χ0n) is 36.0. The fourth-order valence-electron chi connectivity index (χ4n) is 9.83. The second kappa shape index (κ2) is 13.6. The first-order chi connectivity index (χ1) is 29.4. The second-order valence-corrected chi connectivity index (χ2v) is 19.1. The van der Waals surface area contributed by atoms with Crippen LogP contribution in [0.2, 0.25) is 0 Å². The van der Waals surface area contributed by atoms with Crippen LogP contribution >= 0.6 is 0 Å². The summed E-state index contributed by atoms with van der Waals surface area (Å²) in [5.74, 6) is 0. The third kappa shape index (κ3) is 5.95. The highest BCUT2D eigenvalue weighted by Crippen LogP contribution is 2.52. The highest BCUT2D eigenvalue weighted by Gasteiger charge is 2.47. The highest BCUT2D eigenvalue weighted by molar-refractivity contribution is 6.94. The lowest BCUT2D eigenvalue weighted by atomic mass is 9.43. The molecule has 0 N–H and O–H groups in total. The number of aryl methyl sites for hydroxylation is 1. The molecule has 9 aromatic rings. The third-order valence-corrected chi connectivity index (χ3v) is 13.0. The Kier molecular flexibility index (Phi) is 8.32. The van der Waals surface area contributed by atoms with E-state index in [1.807, 2.05) is 0 Å². The Labute approximate surface area is 360 Å². The van der Waals surface area contributed by atoms with Crippen molar-refractivity contribution in [3.8, 4) is 33.4 Å². The summed E-state index contributed by atoms with van der Waals surface area (Å²) in [5.41, 5.74) is 21.1. The number of hydrogen-bond donors (Lipinski definition) is 0. The normalized spacial score (nSPS) is 13.4. The van der Waals surface area contributed by atoms with Gasteiger partial charge >= 0.3 is 6.85 Å². The van der Waals surface area contributed by atoms with Gasteiger partial charge in [-0.05, 0) is 116 Å². The molecule has 296 valence electrons. The van der Waals surface area contributed by atoms with Gasteiger partial charge in [-0.1, -0.05) is 163 Å². The lowest BCUT2D eigenvalue weighted by Gasteiger charge is -2.46. The Morgan fingerprint density at radius 3 is 1.87 bits per heavy atom. The van der Waals surface area contributed by atoms with Crippen LogP contribution in [0.3, 0.4) is 0 Å². The Morgan fingerprint density at radius 2 is 1.15 bits per heavy atom. The van der Waals surface area contributed by atoms with Crippen molar-refractivity contribution in [2.75, 3.05) is 9.71 Å². The van der Waals surface area contributed by atoms with E-state index < -0.39 is 0 Å². The lowest BCUT2D eigenvalue weighted by molar-refractivity contribution is 0.590. The minimum absolute atomic E-state index is 0.0341. The van der Waals surface area contributed by atoms with Crippen LogP contribution in [0.1, 0.15) is 58.2 Å². The predicted octanol–water partition coefficient (Wildman–Crippen LogP) is 14.5. The van der Waals surface area contributed by atoms with Gasteiger partial charge in [0, 0.05) is 39.0 Å². The maximum absolute atomic E-state index is 7.12. The van der Waals surface area contributed by atoms with E-state index in [0.29, 0.717) is 0 Å². The smallest absolute Gasteiger partial charge is 0.333 e. The third-order valence-electron chi connectivity index (χ3n) is 13.0. The van der Waals surface area contributed by atoms with Crippen molar-refractivity contribution in [1.29, 1.82) is 0 Å². The summed E-state index contributed by atoms with van der Waals surface area (Å²) in [6, 6.07) is 63.3. The summed E-state index contributed by atoms with van der Waals surface area (Å²) in [4.78, 5) is 5.16. The molecule has 0 radical (unpaired) electrons. The molecule has 0 fully saturated rings. The molecule has 3 nitrogen and oxygen atoms in total. The maximum atomic E-state index is 7.12. The van der Waals surface area contributed by atoms with Gasteiger partial charge < -0.3 is 14.1 Å². The first-order valence-electron chi connectivity index (χ1n) is 21.6. The molecule has 2 aliphatic rings. The molecule has 0 bridgehead atoms. The van der Waals surface area contributed by atoms with Gasteiger partial charge in [-0.3, -0.25) is 0 Å².